The van der Waals surface area contributed by atoms with Gasteiger partial charge in [0.25, 0.3) is 0 Å². The molecule has 0 aromatic heterocycles. The van der Waals surface area contributed by atoms with Crippen LogP contribution in [0.4, 0.5) is 4.39 Å². The number of halogens is 1. The van der Waals surface area contributed by atoms with Gasteiger partial charge in [-0.1, -0.05) is 13.0 Å². The summed E-state index contributed by atoms with van der Waals surface area (Å²) in [6.07, 6.45) is 2.95. The third-order valence-electron chi connectivity index (χ3n) is 3.83. The van der Waals surface area contributed by atoms with Gasteiger partial charge in [-0.2, -0.15) is 0 Å². The molecule has 1 aromatic carbocycles. The van der Waals surface area contributed by atoms with Crippen LogP contribution in [0.3, 0.4) is 0 Å². The van der Waals surface area contributed by atoms with Crippen molar-refractivity contribution < 1.29 is 17.9 Å². The molecule has 1 aliphatic carbocycles. The van der Waals surface area contributed by atoms with Crippen LogP contribution in [0.1, 0.15) is 31.7 Å². The number of nitrogens with one attached hydrogen (secondary N) is 1. The van der Waals surface area contributed by atoms with Crippen LogP contribution in [-0.4, -0.2) is 20.1 Å². The second-order valence-electron chi connectivity index (χ2n) is 5.09. The standard InChI is InChI=1S/C13H18FNO3S/c1-2-13(5-6-13)9-15-19(17,18)12-7-11(14)4-3-10(12)8-16/h3-4,7,15-16H,2,5-6,8-9H2,1H3. The molecule has 0 heterocycles. The fraction of sp³-hybridized carbons (Fsp3) is 0.538. The summed E-state index contributed by atoms with van der Waals surface area (Å²) >= 11 is 0. The van der Waals surface area contributed by atoms with E-state index < -0.39 is 22.4 Å². The largest absolute Gasteiger partial charge is 0.392 e. The highest BCUT2D eigenvalue weighted by molar-refractivity contribution is 7.89. The van der Waals surface area contributed by atoms with Crippen molar-refractivity contribution in [2.75, 3.05) is 6.54 Å². The van der Waals surface area contributed by atoms with Gasteiger partial charge in [0.15, 0.2) is 0 Å². The molecule has 106 valence electrons. The van der Waals surface area contributed by atoms with Crippen LogP contribution >= 0.6 is 0 Å². The van der Waals surface area contributed by atoms with Gasteiger partial charge < -0.3 is 5.11 Å². The number of aliphatic hydroxyl groups excluding tert-OH is 1. The van der Waals surface area contributed by atoms with Crippen molar-refractivity contribution in [2.24, 2.45) is 5.41 Å². The summed E-state index contributed by atoms with van der Waals surface area (Å²) in [5.41, 5.74) is 0.273. The molecular weight excluding hydrogens is 269 g/mol. The summed E-state index contributed by atoms with van der Waals surface area (Å²) in [6, 6.07) is 3.37. The first kappa shape index (κ1) is 14.4. The van der Waals surface area contributed by atoms with E-state index in [1.807, 2.05) is 6.92 Å². The van der Waals surface area contributed by atoms with Crippen LogP contribution in [0.15, 0.2) is 23.1 Å². The summed E-state index contributed by atoms with van der Waals surface area (Å²) in [5, 5.41) is 9.14. The smallest absolute Gasteiger partial charge is 0.241 e. The third kappa shape index (κ3) is 3.13. The van der Waals surface area contributed by atoms with E-state index in [2.05, 4.69) is 4.72 Å². The summed E-state index contributed by atoms with van der Waals surface area (Å²) < 4.78 is 40.0. The predicted molar refractivity (Wildman–Crippen MR) is 69.5 cm³/mol. The molecule has 2 rings (SSSR count). The predicted octanol–water partition coefficient (Wildman–Crippen LogP) is 1.79. The molecule has 1 fully saturated rings. The molecule has 0 aliphatic heterocycles. The molecule has 0 radical (unpaired) electrons. The third-order valence-corrected chi connectivity index (χ3v) is 5.32. The van der Waals surface area contributed by atoms with Gasteiger partial charge >= 0.3 is 0 Å². The zero-order chi connectivity index (χ0) is 14.1. The van der Waals surface area contributed by atoms with Gasteiger partial charge in [0.05, 0.1) is 11.5 Å². The second-order valence-corrected chi connectivity index (χ2v) is 6.82. The van der Waals surface area contributed by atoms with Crippen LogP contribution < -0.4 is 4.72 Å². The molecule has 1 saturated carbocycles. The average molecular weight is 287 g/mol. The lowest BCUT2D eigenvalue weighted by molar-refractivity contribution is 0.278. The molecule has 0 spiro atoms. The fourth-order valence-electron chi connectivity index (χ4n) is 2.07. The van der Waals surface area contributed by atoms with E-state index >= 15 is 0 Å². The molecule has 1 aromatic rings. The first-order chi connectivity index (χ1) is 8.92. The Bertz CT molecular complexity index is 567. The molecule has 4 nitrogen and oxygen atoms in total. The second kappa shape index (κ2) is 5.19. The Kier molecular flexibility index (Phi) is 3.94. The molecule has 6 heteroatoms. The normalized spacial score (nSPS) is 17.4. The van der Waals surface area contributed by atoms with Crippen molar-refractivity contribution in [1.82, 2.24) is 4.72 Å². The van der Waals surface area contributed by atoms with Gasteiger partial charge in [0, 0.05) is 6.54 Å². The zero-order valence-electron chi connectivity index (χ0n) is 10.8. The van der Waals surface area contributed by atoms with Crippen molar-refractivity contribution in [1.29, 1.82) is 0 Å². The number of benzene rings is 1. The van der Waals surface area contributed by atoms with E-state index in [1.165, 1.54) is 6.07 Å². The number of hydrogen-bond donors (Lipinski definition) is 2. The Morgan fingerprint density at radius 2 is 2.11 bits per heavy atom. The van der Waals surface area contributed by atoms with E-state index in [9.17, 15) is 12.8 Å². The lowest BCUT2D eigenvalue weighted by atomic mass is 10.1. The molecule has 0 bridgehead atoms. The number of hydrogen-bond acceptors (Lipinski definition) is 3. The molecule has 0 saturated heterocycles. The van der Waals surface area contributed by atoms with Crippen molar-refractivity contribution in [3.63, 3.8) is 0 Å². The lowest BCUT2D eigenvalue weighted by Gasteiger charge is -2.15. The van der Waals surface area contributed by atoms with Gasteiger partial charge in [-0.25, -0.2) is 17.5 Å². The lowest BCUT2D eigenvalue weighted by Crippen LogP contribution is -2.30. The van der Waals surface area contributed by atoms with Gasteiger partial charge in [-0.05, 0) is 42.4 Å². The Balaban J connectivity index is 2.21. The highest BCUT2D eigenvalue weighted by atomic mass is 32.2. The van der Waals surface area contributed by atoms with Gasteiger partial charge in [0.2, 0.25) is 10.0 Å². The van der Waals surface area contributed by atoms with Crippen LogP contribution in [0.2, 0.25) is 0 Å². The van der Waals surface area contributed by atoms with Crippen LogP contribution in [0, 0.1) is 11.2 Å². The van der Waals surface area contributed by atoms with Gasteiger partial charge in [-0.3, -0.25) is 0 Å². The summed E-state index contributed by atoms with van der Waals surface area (Å²) in [5.74, 6) is -0.630. The first-order valence-electron chi connectivity index (χ1n) is 6.31. The summed E-state index contributed by atoms with van der Waals surface area (Å²) in [7, 11) is -3.78. The highest BCUT2D eigenvalue weighted by Crippen LogP contribution is 2.48. The van der Waals surface area contributed by atoms with E-state index in [1.54, 1.807) is 0 Å². The van der Waals surface area contributed by atoms with Gasteiger partial charge in [0.1, 0.15) is 5.82 Å². The average Bonchev–Trinajstić information content (AvgIpc) is 3.17. The molecular formula is C13H18FNO3S. The minimum atomic E-state index is -3.78. The van der Waals surface area contributed by atoms with E-state index in [0.29, 0.717) is 6.54 Å². The van der Waals surface area contributed by atoms with E-state index in [0.717, 1.165) is 31.4 Å². The summed E-state index contributed by atoms with van der Waals surface area (Å²) in [4.78, 5) is -0.179. The Morgan fingerprint density at radius 3 is 2.63 bits per heavy atom. The van der Waals surface area contributed by atoms with Crippen molar-refractivity contribution >= 4 is 10.0 Å². The number of sulfonamides is 1. The maximum Gasteiger partial charge on any atom is 0.241 e. The fourth-order valence-corrected chi connectivity index (χ4v) is 3.46. The Hall–Kier alpha value is -0.980. The molecule has 19 heavy (non-hydrogen) atoms. The number of rotatable bonds is 6. The SMILES string of the molecule is CCC1(CNS(=O)(=O)c2cc(F)ccc2CO)CC1. The van der Waals surface area contributed by atoms with Gasteiger partial charge in [-0.15, -0.1) is 0 Å². The molecule has 0 atom stereocenters. The Morgan fingerprint density at radius 1 is 1.42 bits per heavy atom. The zero-order valence-corrected chi connectivity index (χ0v) is 11.6. The van der Waals surface area contributed by atoms with E-state index in [-0.39, 0.29) is 15.9 Å². The minimum absolute atomic E-state index is 0.0692. The van der Waals surface area contributed by atoms with Crippen LogP contribution in [0.5, 0.6) is 0 Å². The van der Waals surface area contributed by atoms with Crippen molar-refractivity contribution in [2.45, 2.75) is 37.7 Å². The maximum absolute atomic E-state index is 13.2. The number of aliphatic hydroxyl groups is 1. The van der Waals surface area contributed by atoms with Crippen molar-refractivity contribution in [3.8, 4) is 0 Å². The molecule has 1 aliphatic rings. The minimum Gasteiger partial charge on any atom is -0.392 e. The first-order valence-corrected chi connectivity index (χ1v) is 7.80. The topological polar surface area (TPSA) is 66.4 Å². The van der Waals surface area contributed by atoms with Crippen molar-refractivity contribution in [3.05, 3.63) is 29.6 Å². The monoisotopic (exact) mass is 287 g/mol. The van der Waals surface area contributed by atoms with Crippen LogP contribution in [0.25, 0.3) is 0 Å². The van der Waals surface area contributed by atoms with Crippen LogP contribution in [-0.2, 0) is 16.6 Å². The summed E-state index contributed by atoms with van der Waals surface area (Å²) in [6.45, 7) is 1.96. The Labute approximate surface area is 112 Å². The highest BCUT2D eigenvalue weighted by Gasteiger charge is 2.41. The maximum atomic E-state index is 13.2. The molecule has 2 N–H and O–H groups in total. The molecule has 0 unspecified atom stereocenters. The molecule has 0 amide bonds. The van der Waals surface area contributed by atoms with E-state index in [4.69, 9.17) is 5.11 Å². The quantitative estimate of drug-likeness (QED) is 0.838.